The van der Waals surface area contributed by atoms with E-state index in [1.807, 2.05) is 31.2 Å². The fourth-order valence-electron chi connectivity index (χ4n) is 3.47. The normalized spacial score (nSPS) is 14.0. The second-order valence-electron chi connectivity index (χ2n) is 7.14. The van der Waals surface area contributed by atoms with Crippen LogP contribution in [0.3, 0.4) is 0 Å². The van der Waals surface area contributed by atoms with E-state index in [2.05, 4.69) is 15.5 Å². The van der Waals surface area contributed by atoms with Crippen LogP contribution in [0.1, 0.15) is 16.1 Å². The quantitative estimate of drug-likeness (QED) is 0.509. The molecule has 3 aromatic rings. The Morgan fingerprint density at radius 1 is 1.10 bits per heavy atom. The van der Waals surface area contributed by atoms with E-state index in [0.717, 1.165) is 11.3 Å². The third-order valence-electron chi connectivity index (χ3n) is 5.08. The molecular weight excluding hydrogens is 388 g/mol. The second kappa shape index (κ2) is 7.82. The summed E-state index contributed by atoms with van der Waals surface area (Å²) in [6, 6.07) is 11.6. The largest absolute Gasteiger partial charge is 0.334 e. The van der Waals surface area contributed by atoms with Crippen molar-refractivity contribution in [2.75, 3.05) is 31.5 Å². The van der Waals surface area contributed by atoms with Crippen LogP contribution >= 0.6 is 0 Å². The van der Waals surface area contributed by atoms with Gasteiger partial charge in [-0.25, -0.2) is 4.79 Å². The highest BCUT2D eigenvalue weighted by Gasteiger charge is 2.27. The van der Waals surface area contributed by atoms with E-state index in [4.69, 9.17) is 0 Å². The van der Waals surface area contributed by atoms with Crippen molar-refractivity contribution in [2.24, 2.45) is 0 Å². The summed E-state index contributed by atoms with van der Waals surface area (Å²) in [6.45, 7) is 3.41. The van der Waals surface area contributed by atoms with Crippen molar-refractivity contribution in [3.8, 4) is 0 Å². The van der Waals surface area contributed by atoms with Crippen LogP contribution in [0.2, 0.25) is 0 Å². The molecule has 10 nitrogen and oxygen atoms in total. The molecule has 2 aromatic carbocycles. The Morgan fingerprint density at radius 3 is 2.53 bits per heavy atom. The molecule has 0 spiro atoms. The molecule has 0 aliphatic carbocycles. The Morgan fingerprint density at radius 2 is 1.83 bits per heavy atom. The summed E-state index contributed by atoms with van der Waals surface area (Å²) in [4.78, 5) is 39.2. The molecule has 3 amide bonds. The number of aromatic amines is 1. The number of non-ortho nitro benzene ring substituents is 1. The maximum atomic E-state index is 12.9. The van der Waals surface area contributed by atoms with Crippen LogP contribution in [-0.4, -0.2) is 63.0 Å². The Bertz CT molecular complexity index is 1130. The molecule has 10 heteroatoms. The molecule has 0 radical (unpaired) electrons. The van der Waals surface area contributed by atoms with E-state index in [0.29, 0.717) is 37.1 Å². The van der Waals surface area contributed by atoms with Crippen LogP contribution in [0.4, 0.5) is 16.2 Å². The topological polar surface area (TPSA) is 124 Å². The molecule has 2 heterocycles. The number of nitro groups is 1. The summed E-state index contributed by atoms with van der Waals surface area (Å²) >= 11 is 0. The number of H-pyrrole nitrogens is 1. The second-order valence-corrected chi connectivity index (χ2v) is 7.14. The lowest BCUT2D eigenvalue weighted by atomic mass is 10.1. The number of amides is 3. The molecular formula is C20H20N6O4. The fourth-order valence-corrected chi connectivity index (χ4v) is 3.47. The van der Waals surface area contributed by atoms with E-state index >= 15 is 0 Å². The summed E-state index contributed by atoms with van der Waals surface area (Å²) in [5.74, 6) is -0.319. The summed E-state index contributed by atoms with van der Waals surface area (Å²) in [6.07, 6.45) is 0. The number of benzene rings is 2. The van der Waals surface area contributed by atoms with Crippen molar-refractivity contribution in [3.63, 3.8) is 0 Å². The summed E-state index contributed by atoms with van der Waals surface area (Å²) in [5, 5.41) is 21.1. The van der Waals surface area contributed by atoms with Gasteiger partial charge in [0.2, 0.25) is 0 Å². The highest BCUT2D eigenvalue weighted by atomic mass is 16.6. The van der Waals surface area contributed by atoms with Gasteiger partial charge in [0.15, 0.2) is 5.69 Å². The van der Waals surface area contributed by atoms with Gasteiger partial charge in [0.05, 0.1) is 10.4 Å². The number of anilines is 1. The van der Waals surface area contributed by atoms with Crippen LogP contribution in [0, 0.1) is 17.0 Å². The first-order valence-corrected chi connectivity index (χ1v) is 9.47. The van der Waals surface area contributed by atoms with Crippen LogP contribution in [0.25, 0.3) is 10.9 Å². The zero-order valence-corrected chi connectivity index (χ0v) is 16.3. The van der Waals surface area contributed by atoms with Gasteiger partial charge in [0, 0.05) is 49.4 Å². The van der Waals surface area contributed by atoms with Gasteiger partial charge in [0.1, 0.15) is 0 Å². The Labute approximate surface area is 171 Å². The minimum absolute atomic E-state index is 0.101. The number of urea groups is 1. The third-order valence-corrected chi connectivity index (χ3v) is 5.08. The summed E-state index contributed by atoms with van der Waals surface area (Å²) in [7, 11) is 0. The third kappa shape index (κ3) is 3.79. The number of hydrogen-bond donors (Lipinski definition) is 2. The number of aromatic nitrogens is 2. The van der Waals surface area contributed by atoms with Crippen LogP contribution in [0.15, 0.2) is 42.5 Å². The van der Waals surface area contributed by atoms with Crippen molar-refractivity contribution < 1.29 is 14.5 Å². The van der Waals surface area contributed by atoms with Gasteiger partial charge in [-0.3, -0.25) is 20.0 Å². The van der Waals surface area contributed by atoms with Gasteiger partial charge in [0.25, 0.3) is 11.6 Å². The van der Waals surface area contributed by atoms with Gasteiger partial charge < -0.3 is 15.1 Å². The Balaban J connectivity index is 1.42. The number of carbonyl (C=O) groups is 2. The van der Waals surface area contributed by atoms with E-state index in [9.17, 15) is 19.7 Å². The average Bonchev–Trinajstić information content (AvgIpc) is 3.16. The van der Waals surface area contributed by atoms with Gasteiger partial charge in [-0.2, -0.15) is 5.10 Å². The first-order chi connectivity index (χ1) is 14.4. The highest BCUT2D eigenvalue weighted by Crippen LogP contribution is 2.23. The molecule has 1 aromatic heterocycles. The number of nitro benzene ring substituents is 1. The molecule has 154 valence electrons. The maximum Gasteiger partial charge on any atom is 0.321 e. The van der Waals surface area contributed by atoms with Crippen LogP contribution in [-0.2, 0) is 0 Å². The van der Waals surface area contributed by atoms with Crippen LogP contribution < -0.4 is 5.32 Å². The van der Waals surface area contributed by atoms with Crippen molar-refractivity contribution in [2.45, 2.75) is 6.92 Å². The minimum Gasteiger partial charge on any atom is -0.334 e. The lowest BCUT2D eigenvalue weighted by molar-refractivity contribution is -0.384. The molecule has 1 fully saturated rings. The van der Waals surface area contributed by atoms with Crippen molar-refractivity contribution in [1.82, 2.24) is 20.0 Å². The number of rotatable bonds is 3. The minimum atomic E-state index is -0.508. The smallest absolute Gasteiger partial charge is 0.321 e. The first-order valence-electron chi connectivity index (χ1n) is 9.47. The van der Waals surface area contributed by atoms with Crippen LogP contribution in [0.5, 0.6) is 0 Å². The van der Waals surface area contributed by atoms with Gasteiger partial charge >= 0.3 is 6.03 Å². The highest BCUT2D eigenvalue weighted by molar-refractivity contribution is 6.05. The molecule has 1 saturated heterocycles. The molecule has 0 bridgehead atoms. The van der Waals surface area contributed by atoms with E-state index < -0.39 is 4.92 Å². The zero-order chi connectivity index (χ0) is 21.3. The predicted octanol–water partition coefficient (Wildman–Crippen LogP) is 2.77. The maximum absolute atomic E-state index is 12.9. The average molecular weight is 408 g/mol. The Kier molecular flexibility index (Phi) is 5.05. The summed E-state index contributed by atoms with van der Waals surface area (Å²) in [5.41, 5.74) is 2.37. The monoisotopic (exact) mass is 408 g/mol. The molecule has 1 aliphatic heterocycles. The fraction of sp³-hybridized carbons (Fsp3) is 0.250. The molecule has 0 saturated carbocycles. The first kappa shape index (κ1) is 19.4. The van der Waals surface area contributed by atoms with Crippen molar-refractivity contribution >= 4 is 34.2 Å². The van der Waals surface area contributed by atoms with E-state index in [1.54, 1.807) is 9.80 Å². The molecule has 0 unspecified atom stereocenters. The van der Waals surface area contributed by atoms with E-state index in [1.165, 1.54) is 18.2 Å². The number of hydrogen-bond acceptors (Lipinski definition) is 5. The Hall–Kier alpha value is -3.95. The number of piperazine rings is 1. The van der Waals surface area contributed by atoms with Crippen molar-refractivity contribution in [3.05, 3.63) is 63.8 Å². The molecule has 4 rings (SSSR count). The van der Waals surface area contributed by atoms with Gasteiger partial charge in [-0.1, -0.05) is 12.1 Å². The number of aryl methyl sites for hydroxylation is 1. The molecule has 1 aliphatic rings. The van der Waals surface area contributed by atoms with E-state index in [-0.39, 0.29) is 23.3 Å². The molecule has 30 heavy (non-hydrogen) atoms. The SMILES string of the molecule is Cc1cccc(NC(=O)N2CCN(C(=O)c3n[nH]c4ccc([N+](=O)[O-])cc34)CC2)c1. The standard InChI is InChI=1S/C20H20N6O4/c1-13-3-2-4-14(11-13)21-20(28)25-9-7-24(8-10-25)19(27)18-16-12-15(26(29)30)5-6-17(16)22-23-18/h2-6,11-12H,7-10H2,1H3,(H,21,28)(H,22,23). The number of carbonyl (C=O) groups excluding carboxylic acids is 2. The number of fused-ring (bicyclic) bond motifs is 1. The van der Waals surface area contributed by atoms with Gasteiger partial charge in [-0.05, 0) is 30.7 Å². The lowest BCUT2D eigenvalue weighted by Crippen LogP contribution is -2.51. The number of nitrogens with zero attached hydrogens (tertiary/aromatic N) is 4. The molecule has 2 N–H and O–H groups in total. The molecule has 0 atom stereocenters. The van der Waals surface area contributed by atoms with Gasteiger partial charge in [-0.15, -0.1) is 0 Å². The number of nitrogens with one attached hydrogen (secondary N) is 2. The predicted molar refractivity (Wildman–Crippen MR) is 110 cm³/mol. The zero-order valence-electron chi connectivity index (χ0n) is 16.3. The summed E-state index contributed by atoms with van der Waals surface area (Å²) < 4.78 is 0. The van der Waals surface area contributed by atoms with Crippen molar-refractivity contribution in [1.29, 1.82) is 0 Å². The lowest BCUT2D eigenvalue weighted by Gasteiger charge is -2.34.